The lowest BCUT2D eigenvalue weighted by atomic mass is 10.1. The highest BCUT2D eigenvalue weighted by atomic mass is 19.1. The Bertz CT molecular complexity index is 1060. The minimum Gasteiger partial charge on any atom is -0.420 e. The van der Waals surface area contributed by atoms with Gasteiger partial charge in [0.1, 0.15) is 0 Å². The van der Waals surface area contributed by atoms with E-state index in [0.717, 1.165) is 48.8 Å². The summed E-state index contributed by atoms with van der Waals surface area (Å²) in [6.45, 7) is 4.40. The molecule has 3 rings (SSSR count). The molecule has 36 heavy (non-hydrogen) atoms. The van der Waals surface area contributed by atoms with Gasteiger partial charge in [0, 0.05) is 18.0 Å². The largest absolute Gasteiger partial charge is 0.420 e. The van der Waals surface area contributed by atoms with Gasteiger partial charge in [-0.1, -0.05) is 83.4 Å². The van der Waals surface area contributed by atoms with Gasteiger partial charge in [-0.05, 0) is 61.1 Å². The van der Waals surface area contributed by atoms with E-state index < -0.39 is 11.8 Å². The van der Waals surface area contributed by atoms with Gasteiger partial charge in [-0.2, -0.15) is 0 Å². The lowest BCUT2D eigenvalue weighted by Gasteiger charge is -2.08. The van der Waals surface area contributed by atoms with E-state index in [0.29, 0.717) is 11.4 Å². The maximum atomic E-state index is 14.5. The van der Waals surface area contributed by atoms with E-state index in [1.165, 1.54) is 57.1 Å². The molecule has 1 heterocycles. The van der Waals surface area contributed by atoms with Crippen molar-refractivity contribution in [3.05, 3.63) is 77.4 Å². The predicted molar refractivity (Wildman–Crippen MR) is 144 cm³/mol. The number of rotatable bonds is 15. The maximum absolute atomic E-state index is 14.5. The summed E-state index contributed by atoms with van der Waals surface area (Å²) in [6, 6.07) is 11.7. The minimum absolute atomic E-state index is 0.0503. The predicted octanol–water partition coefficient (Wildman–Crippen LogP) is 8.53. The Morgan fingerprint density at radius 1 is 0.750 bits per heavy atom. The van der Waals surface area contributed by atoms with Crippen molar-refractivity contribution < 1.29 is 13.9 Å². The van der Waals surface area contributed by atoms with E-state index in [2.05, 4.69) is 23.8 Å². The summed E-state index contributed by atoms with van der Waals surface area (Å²) in [4.78, 5) is 21.5. The van der Waals surface area contributed by atoms with Crippen LogP contribution < -0.4 is 4.74 Å². The number of hydrogen-bond acceptors (Lipinski definition) is 4. The van der Waals surface area contributed by atoms with Crippen LogP contribution >= 0.6 is 0 Å². The van der Waals surface area contributed by atoms with E-state index >= 15 is 0 Å². The lowest BCUT2D eigenvalue weighted by Crippen LogP contribution is -2.09. The van der Waals surface area contributed by atoms with E-state index in [1.54, 1.807) is 24.3 Å². The van der Waals surface area contributed by atoms with Crippen molar-refractivity contribution >= 4 is 5.97 Å². The second-order valence-electron chi connectivity index (χ2n) is 9.47. The van der Waals surface area contributed by atoms with Crippen molar-refractivity contribution in [3.63, 3.8) is 0 Å². The molecule has 0 aliphatic rings. The molecule has 0 saturated heterocycles. The molecule has 2 aromatic carbocycles. The van der Waals surface area contributed by atoms with E-state index in [9.17, 15) is 9.18 Å². The van der Waals surface area contributed by atoms with Gasteiger partial charge in [0.05, 0.1) is 5.56 Å². The first-order valence-electron chi connectivity index (χ1n) is 13.5. The summed E-state index contributed by atoms with van der Waals surface area (Å²) in [5.74, 6) is -0.540. The van der Waals surface area contributed by atoms with Crippen molar-refractivity contribution in [2.45, 2.75) is 90.9 Å². The van der Waals surface area contributed by atoms with E-state index in [4.69, 9.17) is 4.74 Å². The Kier molecular flexibility index (Phi) is 11.6. The maximum Gasteiger partial charge on any atom is 0.343 e. The quantitative estimate of drug-likeness (QED) is 0.122. The summed E-state index contributed by atoms with van der Waals surface area (Å²) in [5.41, 5.74) is 3.23. The molecule has 0 bridgehead atoms. The zero-order valence-corrected chi connectivity index (χ0v) is 21.8. The Hall–Kier alpha value is -3.08. The Balaban J connectivity index is 1.51. The van der Waals surface area contributed by atoms with Crippen LogP contribution in [-0.4, -0.2) is 15.9 Å². The molecule has 3 aromatic rings. The van der Waals surface area contributed by atoms with Gasteiger partial charge in [0.2, 0.25) is 0 Å². The monoisotopic (exact) mass is 490 g/mol. The van der Waals surface area contributed by atoms with Gasteiger partial charge in [-0.3, -0.25) is 0 Å². The Morgan fingerprint density at radius 3 is 1.97 bits per heavy atom. The number of aromatic nitrogens is 2. The van der Waals surface area contributed by atoms with Gasteiger partial charge >= 0.3 is 5.97 Å². The van der Waals surface area contributed by atoms with Gasteiger partial charge in [-0.15, -0.1) is 0 Å². The fraction of sp³-hybridized carbons (Fsp3) is 0.452. The van der Waals surface area contributed by atoms with Gasteiger partial charge in [0.25, 0.3) is 0 Å². The number of esters is 1. The fourth-order valence-corrected chi connectivity index (χ4v) is 4.20. The van der Waals surface area contributed by atoms with Crippen molar-refractivity contribution in [1.29, 1.82) is 0 Å². The minimum atomic E-state index is -0.591. The SMILES string of the molecule is CCCCCCCCc1cnc(-c2ccc(C(=O)Oc3ccc(CCCCCC)cc3F)cc2)nc1. The molecular formula is C31H39FN2O2. The zero-order valence-electron chi connectivity index (χ0n) is 21.8. The number of carbonyl (C=O) groups is 1. The molecule has 0 spiro atoms. The number of carbonyl (C=O) groups excluding carboxylic acids is 1. The normalized spacial score (nSPS) is 11.0. The molecule has 0 fully saturated rings. The summed E-state index contributed by atoms with van der Waals surface area (Å²) < 4.78 is 19.8. The molecule has 0 atom stereocenters. The number of halogens is 1. The third-order valence-corrected chi connectivity index (χ3v) is 6.42. The Labute approximate surface area is 215 Å². The molecule has 0 aliphatic heterocycles. The topological polar surface area (TPSA) is 52.1 Å². The van der Waals surface area contributed by atoms with Crippen LogP contribution in [0.25, 0.3) is 11.4 Å². The fourth-order valence-electron chi connectivity index (χ4n) is 4.20. The summed E-state index contributed by atoms with van der Waals surface area (Å²) in [6.07, 6.45) is 17.7. The van der Waals surface area contributed by atoms with Crippen molar-refractivity contribution in [3.8, 4) is 17.1 Å². The van der Waals surface area contributed by atoms with E-state index in [-0.39, 0.29) is 5.75 Å². The lowest BCUT2D eigenvalue weighted by molar-refractivity contribution is 0.0728. The zero-order chi connectivity index (χ0) is 25.6. The molecule has 0 saturated carbocycles. The average Bonchev–Trinajstić information content (AvgIpc) is 2.90. The van der Waals surface area contributed by atoms with Crippen LogP contribution in [0.2, 0.25) is 0 Å². The summed E-state index contributed by atoms with van der Waals surface area (Å²) in [7, 11) is 0. The molecule has 0 N–H and O–H groups in total. The van der Waals surface area contributed by atoms with Crippen LogP contribution in [-0.2, 0) is 12.8 Å². The third kappa shape index (κ3) is 8.85. The van der Waals surface area contributed by atoms with Gasteiger partial charge < -0.3 is 4.74 Å². The number of ether oxygens (including phenoxy) is 1. The van der Waals surface area contributed by atoms with Gasteiger partial charge in [0.15, 0.2) is 17.4 Å². The highest BCUT2D eigenvalue weighted by Crippen LogP contribution is 2.22. The first-order valence-corrected chi connectivity index (χ1v) is 13.5. The number of hydrogen-bond donors (Lipinski definition) is 0. The van der Waals surface area contributed by atoms with E-state index in [1.807, 2.05) is 18.5 Å². The van der Waals surface area contributed by atoms with Crippen LogP contribution in [0, 0.1) is 5.82 Å². The second kappa shape index (κ2) is 15.1. The number of benzene rings is 2. The number of aryl methyl sites for hydroxylation is 2. The van der Waals surface area contributed by atoms with Crippen molar-refractivity contribution in [1.82, 2.24) is 9.97 Å². The molecule has 192 valence electrons. The Morgan fingerprint density at radius 2 is 1.33 bits per heavy atom. The van der Waals surface area contributed by atoms with Crippen molar-refractivity contribution in [2.75, 3.05) is 0 Å². The number of unbranched alkanes of at least 4 members (excludes halogenated alkanes) is 8. The smallest absolute Gasteiger partial charge is 0.343 e. The number of nitrogens with zero attached hydrogens (tertiary/aromatic N) is 2. The molecular weight excluding hydrogens is 451 g/mol. The standard InChI is InChI=1S/C31H39FN2O2/c1-3-5-7-9-10-12-14-25-22-33-30(34-23-25)26-16-18-27(19-17-26)31(35)36-29-20-15-24(21-28(29)32)13-11-8-6-4-2/h15-23H,3-14H2,1-2H3. The third-order valence-electron chi connectivity index (χ3n) is 6.42. The second-order valence-corrected chi connectivity index (χ2v) is 9.47. The molecule has 5 heteroatoms. The van der Waals surface area contributed by atoms with Crippen LogP contribution in [0.4, 0.5) is 4.39 Å². The van der Waals surface area contributed by atoms with Crippen LogP contribution in [0.3, 0.4) is 0 Å². The van der Waals surface area contributed by atoms with Crippen molar-refractivity contribution in [2.24, 2.45) is 0 Å². The molecule has 0 radical (unpaired) electrons. The summed E-state index contributed by atoms with van der Waals surface area (Å²) in [5, 5.41) is 0. The highest BCUT2D eigenvalue weighted by molar-refractivity contribution is 5.91. The molecule has 1 aromatic heterocycles. The average molecular weight is 491 g/mol. The highest BCUT2D eigenvalue weighted by Gasteiger charge is 2.13. The summed E-state index contributed by atoms with van der Waals surface area (Å²) >= 11 is 0. The van der Waals surface area contributed by atoms with Crippen LogP contribution in [0.1, 0.15) is 99.5 Å². The first kappa shape index (κ1) is 27.5. The molecule has 0 aliphatic carbocycles. The molecule has 0 unspecified atom stereocenters. The van der Waals surface area contributed by atoms with Gasteiger partial charge in [-0.25, -0.2) is 19.2 Å². The molecule has 0 amide bonds. The van der Waals surface area contributed by atoms with Crippen LogP contribution in [0.15, 0.2) is 54.9 Å². The molecule has 4 nitrogen and oxygen atoms in total. The van der Waals surface area contributed by atoms with Crippen LogP contribution in [0.5, 0.6) is 5.75 Å². The first-order chi connectivity index (χ1) is 17.6.